The number of carbonyl (C=O) groups is 3. The van der Waals surface area contributed by atoms with Crippen LogP contribution in [0.1, 0.15) is 25.7 Å². The summed E-state index contributed by atoms with van der Waals surface area (Å²) in [7, 11) is 0. The van der Waals surface area contributed by atoms with Crippen molar-refractivity contribution >= 4 is 17.9 Å². The van der Waals surface area contributed by atoms with E-state index in [2.05, 4.69) is 10.6 Å². The Bertz CT molecular complexity index is 411. The van der Waals surface area contributed by atoms with E-state index in [-0.39, 0.29) is 19.1 Å². The highest BCUT2D eigenvalue weighted by Crippen LogP contribution is 2.18. The molecule has 0 aromatic carbocycles. The molecule has 2 rings (SSSR count). The number of nitrogens with zero attached hydrogens (tertiary/aromatic N) is 1. The molecule has 2 fully saturated rings. The fourth-order valence-corrected chi connectivity index (χ4v) is 2.12. The van der Waals surface area contributed by atoms with E-state index in [1.165, 1.54) is 4.90 Å². The molecular formula is C13H21N3O5. The van der Waals surface area contributed by atoms with Crippen LogP contribution in [0.5, 0.6) is 0 Å². The average Bonchev–Trinajstić information content (AvgIpc) is 3.27. The minimum atomic E-state index is -1.08. The fraction of sp³-hybridized carbons (Fsp3) is 0.769. The van der Waals surface area contributed by atoms with Gasteiger partial charge in [0.15, 0.2) is 6.04 Å². The number of hydrogen-bond donors (Lipinski definition) is 3. The number of rotatable bonds is 6. The summed E-state index contributed by atoms with van der Waals surface area (Å²) in [5, 5.41) is 14.6. The van der Waals surface area contributed by atoms with E-state index < -0.39 is 18.0 Å². The number of ether oxygens (including phenoxy) is 1. The molecule has 1 saturated heterocycles. The second-order valence-corrected chi connectivity index (χ2v) is 5.30. The molecule has 1 aliphatic carbocycles. The van der Waals surface area contributed by atoms with Crippen LogP contribution in [-0.4, -0.2) is 66.3 Å². The maximum absolute atomic E-state index is 11.9. The highest BCUT2D eigenvalue weighted by molar-refractivity contribution is 5.83. The minimum Gasteiger partial charge on any atom is -0.480 e. The Morgan fingerprint density at radius 1 is 1.29 bits per heavy atom. The lowest BCUT2D eigenvalue weighted by Crippen LogP contribution is -2.55. The Kier molecular flexibility index (Phi) is 5.38. The zero-order valence-corrected chi connectivity index (χ0v) is 11.8. The van der Waals surface area contributed by atoms with Gasteiger partial charge in [-0.3, -0.25) is 4.79 Å². The summed E-state index contributed by atoms with van der Waals surface area (Å²) in [5.74, 6) is -1.07. The smallest absolute Gasteiger partial charge is 0.328 e. The van der Waals surface area contributed by atoms with Gasteiger partial charge in [0.25, 0.3) is 0 Å². The van der Waals surface area contributed by atoms with E-state index in [1.54, 1.807) is 0 Å². The molecule has 2 aliphatic rings. The van der Waals surface area contributed by atoms with Crippen LogP contribution in [0.15, 0.2) is 0 Å². The van der Waals surface area contributed by atoms with Crippen LogP contribution in [0.2, 0.25) is 0 Å². The molecule has 0 radical (unpaired) electrons. The van der Waals surface area contributed by atoms with Gasteiger partial charge < -0.3 is 25.4 Å². The van der Waals surface area contributed by atoms with Gasteiger partial charge in [0.1, 0.15) is 0 Å². The number of carbonyl (C=O) groups excluding carboxylic acids is 2. The molecule has 21 heavy (non-hydrogen) atoms. The molecule has 118 valence electrons. The second-order valence-electron chi connectivity index (χ2n) is 5.30. The first-order valence-corrected chi connectivity index (χ1v) is 7.22. The summed E-state index contributed by atoms with van der Waals surface area (Å²) in [6.07, 6.45) is 3.00. The van der Waals surface area contributed by atoms with E-state index in [9.17, 15) is 14.4 Å². The summed E-state index contributed by atoms with van der Waals surface area (Å²) < 4.78 is 5.07. The summed E-state index contributed by atoms with van der Waals surface area (Å²) >= 11 is 0. The lowest BCUT2D eigenvalue weighted by Gasteiger charge is -2.32. The van der Waals surface area contributed by atoms with Crippen LogP contribution in [0.4, 0.5) is 4.79 Å². The van der Waals surface area contributed by atoms with Crippen LogP contribution >= 0.6 is 0 Å². The van der Waals surface area contributed by atoms with Crippen molar-refractivity contribution in [2.45, 2.75) is 37.8 Å². The summed E-state index contributed by atoms with van der Waals surface area (Å²) in [4.78, 5) is 35.7. The largest absolute Gasteiger partial charge is 0.480 e. The van der Waals surface area contributed by atoms with Crippen molar-refractivity contribution in [3.63, 3.8) is 0 Å². The van der Waals surface area contributed by atoms with Gasteiger partial charge in [-0.05, 0) is 19.3 Å². The fourth-order valence-electron chi connectivity index (χ4n) is 2.12. The lowest BCUT2D eigenvalue weighted by atomic mass is 10.2. The highest BCUT2D eigenvalue weighted by atomic mass is 16.5. The first kappa shape index (κ1) is 15.6. The van der Waals surface area contributed by atoms with Gasteiger partial charge in [0, 0.05) is 25.6 Å². The Hall–Kier alpha value is -1.83. The van der Waals surface area contributed by atoms with E-state index >= 15 is 0 Å². The van der Waals surface area contributed by atoms with E-state index in [0.29, 0.717) is 32.0 Å². The van der Waals surface area contributed by atoms with Crippen LogP contribution in [0.3, 0.4) is 0 Å². The molecule has 0 aromatic heterocycles. The Labute approximate surface area is 122 Å². The number of amides is 3. The number of nitrogens with one attached hydrogen (secondary N) is 2. The third-order valence-corrected chi connectivity index (χ3v) is 3.47. The van der Waals surface area contributed by atoms with Gasteiger partial charge >= 0.3 is 12.0 Å². The second kappa shape index (κ2) is 7.26. The third kappa shape index (κ3) is 4.89. The minimum absolute atomic E-state index is 0.00142. The van der Waals surface area contributed by atoms with Gasteiger partial charge in [0.05, 0.1) is 13.2 Å². The lowest BCUT2D eigenvalue weighted by molar-refractivity contribution is -0.147. The van der Waals surface area contributed by atoms with Crippen molar-refractivity contribution in [3.05, 3.63) is 0 Å². The molecule has 8 nitrogen and oxygen atoms in total. The molecule has 1 unspecified atom stereocenters. The monoisotopic (exact) mass is 299 g/mol. The predicted octanol–water partition coefficient (Wildman–Crippen LogP) is -0.460. The summed E-state index contributed by atoms with van der Waals surface area (Å²) in [5.41, 5.74) is 0. The zero-order valence-electron chi connectivity index (χ0n) is 11.8. The van der Waals surface area contributed by atoms with Crippen molar-refractivity contribution in [2.75, 3.05) is 26.3 Å². The molecule has 1 saturated carbocycles. The third-order valence-electron chi connectivity index (χ3n) is 3.47. The van der Waals surface area contributed by atoms with Gasteiger partial charge in [-0.25, -0.2) is 9.59 Å². The average molecular weight is 299 g/mol. The molecule has 3 amide bonds. The van der Waals surface area contributed by atoms with E-state index in [1.807, 2.05) is 0 Å². The SMILES string of the molecule is O=C(CCCNC(=O)N1CCOCC1C(=O)O)NC1CC1. The molecule has 1 heterocycles. The number of aliphatic carboxylic acids is 1. The van der Waals surface area contributed by atoms with Crippen molar-refractivity contribution in [1.82, 2.24) is 15.5 Å². The van der Waals surface area contributed by atoms with E-state index in [4.69, 9.17) is 9.84 Å². The maximum Gasteiger partial charge on any atom is 0.328 e. The van der Waals surface area contributed by atoms with Crippen molar-refractivity contribution in [2.24, 2.45) is 0 Å². The van der Waals surface area contributed by atoms with Crippen molar-refractivity contribution < 1.29 is 24.2 Å². The number of carboxylic acid groups (broad SMARTS) is 1. The Balaban J connectivity index is 1.65. The van der Waals surface area contributed by atoms with Gasteiger partial charge in [-0.1, -0.05) is 0 Å². The van der Waals surface area contributed by atoms with Crippen LogP contribution in [0.25, 0.3) is 0 Å². The maximum atomic E-state index is 11.9. The predicted molar refractivity (Wildman–Crippen MR) is 72.7 cm³/mol. The standard InChI is InChI=1S/C13H21N3O5/c17-11(15-9-3-4-9)2-1-5-14-13(20)16-6-7-21-8-10(16)12(18)19/h9-10H,1-8H2,(H,14,20)(H,15,17)(H,18,19). The Morgan fingerprint density at radius 3 is 2.71 bits per heavy atom. The normalized spacial score (nSPS) is 21.7. The van der Waals surface area contributed by atoms with Crippen LogP contribution < -0.4 is 10.6 Å². The quantitative estimate of drug-likeness (QED) is 0.575. The number of hydrogen-bond acceptors (Lipinski definition) is 4. The van der Waals surface area contributed by atoms with Gasteiger partial charge in [-0.2, -0.15) is 0 Å². The number of morpholine rings is 1. The molecule has 3 N–H and O–H groups in total. The highest BCUT2D eigenvalue weighted by Gasteiger charge is 2.32. The van der Waals surface area contributed by atoms with Gasteiger partial charge in [-0.15, -0.1) is 0 Å². The van der Waals surface area contributed by atoms with Crippen LogP contribution in [-0.2, 0) is 14.3 Å². The molecular weight excluding hydrogens is 278 g/mol. The van der Waals surface area contributed by atoms with Crippen LogP contribution in [0, 0.1) is 0 Å². The van der Waals surface area contributed by atoms with Gasteiger partial charge in [0.2, 0.25) is 5.91 Å². The molecule has 1 atom stereocenters. The summed E-state index contributed by atoms with van der Waals surface area (Å²) in [6, 6.07) is -1.03. The number of urea groups is 1. The van der Waals surface area contributed by atoms with Crippen molar-refractivity contribution in [1.29, 1.82) is 0 Å². The molecule has 0 bridgehead atoms. The van der Waals surface area contributed by atoms with E-state index in [0.717, 1.165) is 12.8 Å². The zero-order chi connectivity index (χ0) is 15.2. The Morgan fingerprint density at radius 2 is 2.05 bits per heavy atom. The molecule has 0 spiro atoms. The first-order chi connectivity index (χ1) is 10.1. The molecule has 0 aromatic rings. The topological polar surface area (TPSA) is 108 Å². The number of carboxylic acids is 1. The van der Waals surface area contributed by atoms with Crippen molar-refractivity contribution in [3.8, 4) is 0 Å². The first-order valence-electron chi connectivity index (χ1n) is 7.22. The summed E-state index contributed by atoms with van der Waals surface area (Å²) in [6.45, 7) is 0.944. The molecule has 1 aliphatic heterocycles. The molecule has 8 heteroatoms.